The number of unbranched alkanes of at least 4 members (excludes halogenated alkanes) is 2. The van der Waals surface area contributed by atoms with Crippen molar-refractivity contribution in [3.8, 4) is 0 Å². The molecule has 1 aromatic carbocycles. The third-order valence-electron chi connectivity index (χ3n) is 3.17. The molecule has 0 bridgehead atoms. The van der Waals surface area contributed by atoms with E-state index in [1.165, 1.54) is 18.2 Å². The Morgan fingerprint density at radius 3 is 2.70 bits per heavy atom. The van der Waals surface area contributed by atoms with E-state index in [9.17, 15) is 14.5 Å². The molecule has 0 radical (unpaired) electrons. The van der Waals surface area contributed by atoms with Gasteiger partial charge in [-0.05, 0) is 19.0 Å². The Hall–Kier alpha value is -1.53. The Labute approximate surface area is 118 Å². The quantitative estimate of drug-likeness (QED) is 0.430. The molecule has 0 aliphatic carbocycles. The number of nitro benzene ring substituents is 1. The summed E-state index contributed by atoms with van der Waals surface area (Å²) in [6, 6.07) is 3.87. The Balaban J connectivity index is 2.84. The number of benzene rings is 1. The molecule has 0 unspecified atom stereocenters. The van der Waals surface area contributed by atoms with Crippen LogP contribution < -0.4 is 0 Å². The van der Waals surface area contributed by atoms with E-state index in [0.29, 0.717) is 13.1 Å². The first kappa shape index (κ1) is 16.5. The second kappa shape index (κ2) is 8.60. The molecule has 6 heteroatoms. The van der Waals surface area contributed by atoms with Crippen molar-refractivity contribution in [1.82, 2.24) is 4.90 Å². The van der Waals surface area contributed by atoms with E-state index in [2.05, 4.69) is 6.92 Å². The van der Waals surface area contributed by atoms with E-state index in [1.807, 2.05) is 4.90 Å². The van der Waals surface area contributed by atoms with Crippen LogP contribution in [-0.4, -0.2) is 34.6 Å². The standard InChI is InChI=1S/C14H21FN2O3/c1-2-3-4-8-16(9-10-18)11-12-13(15)6-5-7-14(12)17(19)20/h5-7,18H,2-4,8-11H2,1H3. The van der Waals surface area contributed by atoms with Gasteiger partial charge < -0.3 is 5.11 Å². The van der Waals surface area contributed by atoms with E-state index in [4.69, 9.17) is 5.11 Å². The molecule has 1 rings (SSSR count). The monoisotopic (exact) mass is 284 g/mol. The summed E-state index contributed by atoms with van der Waals surface area (Å²) in [5.41, 5.74) is -0.120. The largest absolute Gasteiger partial charge is 0.395 e. The van der Waals surface area contributed by atoms with Crippen LogP contribution >= 0.6 is 0 Å². The highest BCUT2D eigenvalue weighted by Gasteiger charge is 2.20. The van der Waals surface area contributed by atoms with Crippen molar-refractivity contribution in [2.45, 2.75) is 32.7 Å². The van der Waals surface area contributed by atoms with Gasteiger partial charge in [0.05, 0.1) is 17.1 Å². The highest BCUT2D eigenvalue weighted by Crippen LogP contribution is 2.23. The number of nitrogens with zero attached hydrogens (tertiary/aromatic N) is 2. The molecule has 0 saturated heterocycles. The summed E-state index contributed by atoms with van der Waals surface area (Å²) in [5, 5.41) is 20.0. The topological polar surface area (TPSA) is 66.6 Å². The van der Waals surface area contributed by atoms with Crippen LogP contribution in [0.4, 0.5) is 10.1 Å². The zero-order valence-corrected chi connectivity index (χ0v) is 11.7. The molecule has 0 saturated carbocycles. The fraction of sp³-hybridized carbons (Fsp3) is 0.571. The van der Waals surface area contributed by atoms with Gasteiger partial charge in [-0.15, -0.1) is 0 Å². The number of nitro groups is 1. The summed E-state index contributed by atoms with van der Waals surface area (Å²) in [5.74, 6) is -0.572. The first-order chi connectivity index (χ1) is 9.60. The van der Waals surface area contributed by atoms with Gasteiger partial charge in [0.2, 0.25) is 0 Å². The van der Waals surface area contributed by atoms with Gasteiger partial charge in [-0.3, -0.25) is 15.0 Å². The molecular weight excluding hydrogens is 263 g/mol. The molecule has 1 aromatic rings. The van der Waals surface area contributed by atoms with Crippen LogP contribution in [-0.2, 0) is 6.54 Å². The summed E-state index contributed by atoms with van der Waals surface area (Å²) in [7, 11) is 0. The van der Waals surface area contributed by atoms with Crippen molar-refractivity contribution < 1.29 is 14.4 Å². The van der Waals surface area contributed by atoms with Crippen molar-refractivity contribution in [2.24, 2.45) is 0 Å². The van der Waals surface area contributed by atoms with Gasteiger partial charge >= 0.3 is 0 Å². The molecule has 0 fully saturated rings. The van der Waals surface area contributed by atoms with Gasteiger partial charge in [0.15, 0.2) is 0 Å². The molecule has 0 aromatic heterocycles. The van der Waals surface area contributed by atoms with Crippen LogP contribution in [0, 0.1) is 15.9 Å². The normalized spacial score (nSPS) is 11.0. The van der Waals surface area contributed by atoms with Crippen molar-refractivity contribution in [3.63, 3.8) is 0 Å². The molecule has 0 aliphatic rings. The van der Waals surface area contributed by atoms with Gasteiger partial charge in [-0.1, -0.05) is 25.8 Å². The molecule has 0 amide bonds. The average Bonchev–Trinajstić information content (AvgIpc) is 2.41. The lowest BCUT2D eigenvalue weighted by Crippen LogP contribution is -2.28. The number of aliphatic hydroxyl groups excluding tert-OH is 1. The van der Waals surface area contributed by atoms with E-state index in [0.717, 1.165) is 19.3 Å². The molecular formula is C14H21FN2O3. The lowest BCUT2D eigenvalue weighted by Gasteiger charge is -2.21. The van der Waals surface area contributed by atoms with Crippen molar-refractivity contribution in [2.75, 3.05) is 19.7 Å². The SMILES string of the molecule is CCCCCN(CCO)Cc1c(F)cccc1[N+](=O)[O-]. The highest BCUT2D eigenvalue weighted by atomic mass is 19.1. The molecule has 5 nitrogen and oxygen atoms in total. The molecule has 0 atom stereocenters. The fourth-order valence-corrected chi connectivity index (χ4v) is 2.10. The lowest BCUT2D eigenvalue weighted by atomic mass is 10.1. The van der Waals surface area contributed by atoms with Crippen LogP contribution in [0.15, 0.2) is 18.2 Å². The smallest absolute Gasteiger partial charge is 0.276 e. The molecule has 112 valence electrons. The Morgan fingerprint density at radius 2 is 2.10 bits per heavy atom. The number of rotatable bonds is 9. The summed E-state index contributed by atoms with van der Waals surface area (Å²) in [6.07, 6.45) is 3.03. The minimum Gasteiger partial charge on any atom is -0.395 e. The highest BCUT2D eigenvalue weighted by molar-refractivity contribution is 5.40. The predicted octanol–water partition coefficient (Wildman–Crippen LogP) is 2.72. The number of halogens is 1. The fourth-order valence-electron chi connectivity index (χ4n) is 2.10. The van der Waals surface area contributed by atoms with Gasteiger partial charge in [0.25, 0.3) is 5.69 Å². The van der Waals surface area contributed by atoms with Crippen LogP contribution in [0.5, 0.6) is 0 Å². The zero-order chi connectivity index (χ0) is 15.0. The predicted molar refractivity (Wildman–Crippen MR) is 74.9 cm³/mol. The maximum absolute atomic E-state index is 13.8. The minimum atomic E-state index is -0.572. The van der Waals surface area contributed by atoms with Crippen LogP contribution in [0.2, 0.25) is 0 Å². The number of hydrogen-bond donors (Lipinski definition) is 1. The van der Waals surface area contributed by atoms with E-state index < -0.39 is 10.7 Å². The van der Waals surface area contributed by atoms with Gasteiger partial charge in [0.1, 0.15) is 5.82 Å². The Morgan fingerprint density at radius 1 is 1.35 bits per heavy atom. The van der Waals surface area contributed by atoms with E-state index >= 15 is 0 Å². The second-order valence-electron chi connectivity index (χ2n) is 4.70. The number of hydrogen-bond acceptors (Lipinski definition) is 4. The van der Waals surface area contributed by atoms with E-state index in [-0.39, 0.29) is 24.4 Å². The van der Waals surface area contributed by atoms with Crippen LogP contribution in [0.3, 0.4) is 0 Å². The molecule has 1 N–H and O–H groups in total. The van der Waals surface area contributed by atoms with E-state index in [1.54, 1.807) is 0 Å². The molecule has 20 heavy (non-hydrogen) atoms. The average molecular weight is 284 g/mol. The van der Waals surface area contributed by atoms with Crippen LogP contribution in [0.1, 0.15) is 31.7 Å². The lowest BCUT2D eigenvalue weighted by molar-refractivity contribution is -0.386. The van der Waals surface area contributed by atoms with Crippen molar-refractivity contribution in [1.29, 1.82) is 0 Å². The molecule has 0 aliphatic heterocycles. The Bertz CT molecular complexity index is 440. The molecule has 0 heterocycles. The third-order valence-corrected chi connectivity index (χ3v) is 3.17. The molecule has 0 spiro atoms. The second-order valence-corrected chi connectivity index (χ2v) is 4.70. The first-order valence-corrected chi connectivity index (χ1v) is 6.85. The van der Waals surface area contributed by atoms with Gasteiger partial charge in [-0.25, -0.2) is 4.39 Å². The summed E-state index contributed by atoms with van der Waals surface area (Å²) >= 11 is 0. The minimum absolute atomic E-state index is 0.0472. The zero-order valence-electron chi connectivity index (χ0n) is 11.7. The van der Waals surface area contributed by atoms with Gasteiger partial charge in [0, 0.05) is 19.2 Å². The van der Waals surface area contributed by atoms with Crippen molar-refractivity contribution in [3.05, 3.63) is 39.7 Å². The van der Waals surface area contributed by atoms with Crippen molar-refractivity contribution >= 4 is 5.69 Å². The summed E-state index contributed by atoms with van der Waals surface area (Å²) < 4.78 is 13.8. The maximum atomic E-state index is 13.8. The third kappa shape index (κ3) is 4.86. The van der Waals surface area contributed by atoms with Gasteiger partial charge in [-0.2, -0.15) is 0 Å². The first-order valence-electron chi connectivity index (χ1n) is 6.85. The van der Waals surface area contributed by atoms with Crippen LogP contribution in [0.25, 0.3) is 0 Å². The maximum Gasteiger partial charge on any atom is 0.276 e. The summed E-state index contributed by atoms with van der Waals surface area (Å²) in [6.45, 7) is 3.26. The Kier molecular flexibility index (Phi) is 7.11. The summed E-state index contributed by atoms with van der Waals surface area (Å²) in [4.78, 5) is 12.2. The number of aliphatic hydroxyl groups is 1.